The first-order valence-corrected chi connectivity index (χ1v) is 8.63. The van der Waals surface area contributed by atoms with Crippen molar-refractivity contribution < 1.29 is 13.5 Å². The zero-order valence-corrected chi connectivity index (χ0v) is 12.5. The fraction of sp³-hybridized carbons (Fsp3) is 0.286. The van der Waals surface area contributed by atoms with E-state index < -0.39 is 10.0 Å². The van der Waals surface area contributed by atoms with Crippen LogP contribution in [0, 0.1) is 0 Å². The lowest BCUT2D eigenvalue weighted by Crippen LogP contribution is -2.24. The average molecular weight is 309 g/mol. The van der Waals surface area contributed by atoms with Crippen LogP contribution in [0.5, 0.6) is 0 Å². The molecule has 0 saturated carbocycles. The van der Waals surface area contributed by atoms with Crippen LogP contribution in [0.4, 0.5) is 0 Å². The van der Waals surface area contributed by atoms with Crippen LogP contribution < -0.4 is 0 Å². The number of fused-ring (bicyclic) bond motifs is 1. The highest BCUT2D eigenvalue weighted by Crippen LogP contribution is 2.31. The van der Waals surface area contributed by atoms with Gasteiger partial charge in [0.2, 0.25) is 0 Å². The molecule has 0 aliphatic carbocycles. The third-order valence-corrected chi connectivity index (χ3v) is 6.81. The second-order valence-electron chi connectivity index (χ2n) is 4.74. The molecule has 20 heavy (non-hydrogen) atoms. The minimum absolute atomic E-state index is 0.0369. The van der Waals surface area contributed by atoms with Crippen LogP contribution in [-0.2, 0) is 29.5 Å². The van der Waals surface area contributed by atoms with Gasteiger partial charge in [-0.25, -0.2) is 8.42 Å². The van der Waals surface area contributed by atoms with E-state index >= 15 is 0 Å². The normalized spacial score (nSPS) is 15.4. The molecule has 0 fully saturated rings. The fourth-order valence-electron chi connectivity index (χ4n) is 2.34. The van der Waals surface area contributed by atoms with Gasteiger partial charge in [-0.3, -0.25) is 0 Å². The van der Waals surface area contributed by atoms with E-state index in [-0.39, 0.29) is 6.61 Å². The summed E-state index contributed by atoms with van der Waals surface area (Å²) in [4.78, 5) is 0.891. The molecule has 0 unspecified atom stereocenters. The van der Waals surface area contributed by atoms with Crippen molar-refractivity contribution in [2.75, 3.05) is 6.61 Å². The van der Waals surface area contributed by atoms with Crippen molar-refractivity contribution >= 4 is 21.4 Å². The van der Waals surface area contributed by atoms with Crippen molar-refractivity contribution in [1.82, 2.24) is 4.31 Å². The number of benzene rings is 1. The molecule has 0 atom stereocenters. The maximum Gasteiger partial charge on any atom is 0.253 e. The molecule has 1 aliphatic heterocycles. The highest BCUT2D eigenvalue weighted by Gasteiger charge is 2.31. The second kappa shape index (κ2) is 5.29. The topological polar surface area (TPSA) is 57.6 Å². The van der Waals surface area contributed by atoms with E-state index in [0.29, 0.717) is 23.7 Å². The van der Waals surface area contributed by atoms with Crippen LogP contribution in [0.2, 0.25) is 0 Å². The molecular weight excluding hydrogens is 294 g/mol. The van der Waals surface area contributed by atoms with E-state index in [0.717, 1.165) is 16.0 Å². The van der Waals surface area contributed by atoms with E-state index in [9.17, 15) is 8.42 Å². The molecule has 1 aliphatic rings. The third kappa shape index (κ3) is 2.40. The van der Waals surface area contributed by atoms with Crippen LogP contribution in [-0.4, -0.2) is 24.4 Å². The molecule has 1 aromatic heterocycles. The van der Waals surface area contributed by atoms with Crippen LogP contribution in [0.3, 0.4) is 0 Å². The Morgan fingerprint density at radius 3 is 2.35 bits per heavy atom. The quantitative estimate of drug-likeness (QED) is 0.939. The lowest BCUT2D eigenvalue weighted by atomic mass is 10.1. The smallest absolute Gasteiger partial charge is 0.253 e. The van der Waals surface area contributed by atoms with Gasteiger partial charge in [0.05, 0.1) is 0 Å². The summed E-state index contributed by atoms with van der Waals surface area (Å²) in [5.41, 5.74) is 2.14. The van der Waals surface area contributed by atoms with Gasteiger partial charge in [0, 0.05) is 31.0 Å². The predicted molar refractivity (Wildman–Crippen MR) is 78.0 cm³/mol. The summed E-state index contributed by atoms with van der Waals surface area (Å²) in [7, 11) is -3.43. The van der Waals surface area contributed by atoms with Gasteiger partial charge in [-0.05, 0) is 23.3 Å². The lowest BCUT2D eigenvalue weighted by molar-refractivity contribution is 0.300. The Bertz CT molecular complexity index is 697. The Balaban J connectivity index is 1.86. The maximum absolute atomic E-state index is 12.6. The Morgan fingerprint density at radius 2 is 1.75 bits per heavy atom. The molecule has 0 bridgehead atoms. The third-order valence-electron chi connectivity index (χ3n) is 3.40. The zero-order chi connectivity index (χ0) is 14.2. The van der Waals surface area contributed by atoms with E-state index in [1.807, 2.05) is 24.3 Å². The summed E-state index contributed by atoms with van der Waals surface area (Å²) in [5.74, 6) is 0. The Labute approximate surface area is 122 Å². The summed E-state index contributed by atoms with van der Waals surface area (Å²) in [6.45, 7) is 0.909. The monoisotopic (exact) mass is 309 g/mol. The first kappa shape index (κ1) is 13.8. The zero-order valence-electron chi connectivity index (χ0n) is 10.8. The standard InChI is InChI=1S/C14H15NO3S2/c16-8-7-13-5-6-14(19-13)20(17,18)15-9-11-3-1-2-4-12(11)10-15/h1-6,16H,7-10H2. The summed E-state index contributed by atoms with van der Waals surface area (Å²) in [5, 5.41) is 8.91. The fourth-order valence-corrected chi connectivity index (χ4v) is 5.24. The van der Waals surface area contributed by atoms with Gasteiger partial charge < -0.3 is 5.11 Å². The second-order valence-corrected chi connectivity index (χ2v) is 8.07. The first-order valence-electron chi connectivity index (χ1n) is 6.38. The van der Waals surface area contributed by atoms with Gasteiger partial charge in [0.1, 0.15) is 4.21 Å². The number of thiophene rings is 1. The molecule has 2 aromatic rings. The number of aliphatic hydroxyl groups excluding tert-OH is 1. The number of hydrogen-bond donors (Lipinski definition) is 1. The molecule has 3 rings (SSSR count). The van der Waals surface area contributed by atoms with Crippen LogP contribution >= 0.6 is 11.3 Å². The molecule has 0 saturated heterocycles. The molecule has 0 amide bonds. The molecule has 4 nitrogen and oxygen atoms in total. The van der Waals surface area contributed by atoms with Gasteiger partial charge in [0.25, 0.3) is 10.0 Å². The van der Waals surface area contributed by atoms with Gasteiger partial charge in [-0.1, -0.05) is 24.3 Å². The van der Waals surface area contributed by atoms with Crippen molar-refractivity contribution in [3.05, 3.63) is 52.4 Å². The SMILES string of the molecule is O=S(=O)(c1ccc(CCO)s1)N1Cc2ccccc2C1. The molecule has 0 spiro atoms. The van der Waals surface area contributed by atoms with Crippen molar-refractivity contribution in [3.63, 3.8) is 0 Å². The van der Waals surface area contributed by atoms with Gasteiger partial charge in [-0.15, -0.1) is 11.3 Å². The van der Waals surface area contributed by atoms with E-state index in [2.05, 4.69) is 0 Å². The number of rotatable bonds is 4. The minimum Gasteiger partial charge on any atom is -0.396 e. The van der Waals surface area contributed by atoms with Gasteiger partial charge in [-0.2, -0.15) is 4.31 Å². The van der Waals surface area contributed by atoms with Crippen molar-refractivity contribution in [3.8, 4) is 0 Å². The van der Waals surface area contributed by atoms with E-state index in [1.165, 1.54) is 15.6 Å². The van der Waals surface area contributed by atoms with Gasteiger partial charge in [0.15, 0.2) is 0 Å². The lowest BCUT2D eigenvalue weighted by Gasteiger charge is -2.13. The molecule has 106 valence electrons. The Morgan fingerprint density at radius 1 is 1.10 bits per heavy atom. The van der Waals surface area contributed by atoms with Crippen LogP contribution in [0.15, 0.2) is 40.6 Å². The van der Waals surface area contributed by atoms with Crippen LogP contribution in [0.1, 0.15) is 16.0 Å². The number of aliphatic hydroxyl groups is 1. The van der Waals surface area contributed by atoms with Gasteiger partial charge >= 0.3 is 0 Å². The van der Waals surface area contributed by atoms with Crippen molar-refractivity contribution in [2.24, 2.45) is 0 Å². The van der Waals surface area contributed by atoms with Crippen molar-refractivity contribution in [2.45, 2.75) is 23.7 Å². The van der Waals surface area contributed by atoms with Crippen LogP contribution in [0.25, 0.3) is 0 Å². The first-order chi connectivity index (χ1) is 9.61. The number of sulfonamides is 1. The number of nitrogens with zero attached hydrogens (tertiary/aromatic N) is 1. The summed E-state index contributed by atoms with van der Waals surface area (Å²) < 4.78 is 27.1. The molecule has 6 heteroatoms. The Kier molecular flexibility index (Phi) is 3.64. The summed E-state index contributed by atoms with van der Waals surface area (Å²) >= 11 is 1.24. The molecule has 1 N–H and O–H groups in total. The van der Waals surface area contributed by atoms with E-state index in [1.54, 1.807) is 12.1 Å². The molecule has 1 aromatic carbocycles. The summed E-state index contributed by atoms with van der Waals surface area (Å²) in [6, 6.07) is 11.2. The molecule has 2 heterocycles. The average Bonchev–Trinajstić information content (AvgIpc) is 3.05. The molecular formula is C14H15NO3S2. The molecule has 0 radical (unpaired) electrons. The van der Waals surface area contributed by atoms with Crippen molar-refractivity contribution in [1.29, 1.82) is 0 Å². The highest BCUT2D eigenvalue weighted by atomic mass is 32.2. The maximum atomic E-state index is 12.6. The number of hydrogen-bond acceptors (Lipinski definition) is 4. The minimum atomic E-state index is -3.43. The Hall–Kier alpha value is -1.21. The highest BCUT2D eigenvalue weighted by molar-refractivity contribution is 7.91. The summed E-state index contributed by atoms with van der Waals surface area (Å²) in [6.07, 6.45) is 0.500. The largest absolute Gasteiger partial charge is 0.396 e. The predicted octanol–water partition coefficient (Wildman–Crippen LogP) is 1.99. The van der Waals surface area contributed by atoms with E-state index in [4.69, 9.17) is 5.11 Å².